The van der Waals surface area contributed by atoms with E-state index < -0.39 is 0 Å². The van der Waals surface area contributed by atoms with Crippen LogP contribution in [-0.2, 0) is 7.05 Å². The average molecular weight is 195 g/mol. The van der Waals surface area contributed by atoms with E-state index in [4.69, 9.17) is 5.73 Å². The molecular weight excluding hydrogens is 178 g/mol. The van der Waals surface area contributed by atoms with Crippen molar-refractivity contribution in [1.29, 1.82) is 0 Å². The van der Waals surface area contributed by atoms with Crippen LogP contribution in [0.5, 0.6) is 0 Å². The number of rotatable bonds is 2. The Kier molecular flexibility index (Phi) is 2.52. The number of aromatic nitrogens is 3. The minimum absolute atomic E-state index is 0.355. The van der Waals surface area contributed by atoms with Crippen molar-refractivity contribution in [2.75, 3.05) is 20.1 Å². The lowest BCUT2D eigenvalue weighted by atomic mass is 9.98. The van der Waals surface area contributed by atoms with Gasteiger partial charge in [-0.2, -0.15) is 15.0 Å². The molecule has 0 aliphatic carbocycles. The lowest BCUT2D eigenvalue weighted by Crippen LogP contribution is -2.25. The second kappa shape index (κ2) is 3.67. The van der Waals surface area contributed by atoms with Crippen LogP contribution in [0.1, 0.15) is 18.2 Å². The summed E-state index contributed by atoms with van der Waals surface area (Å²) in [5.41, 5.74) is 6.79. The van der Waals surface area contributed by atoms with Gasteiger partial charge in [-0.1, -0.05) is 0 Å². The average Bonchev–Trinajstić information content (AvgIpc) is 2.71. The first-order chi connectivity index (χ1) is 6.72. The predicted molar refractivity (Wildman–Crippen MR) is 53.5 cm³/mol. The molecule has 1 aliphatic heterocycles. The SMILES string of the molecule is CN1CCC(CN)C1c1cnn(C)n1. The third-order valence-electron chi connectivity index (χ3n) is 3.00. The highest BCUT2D eigenvalue weighted by molar-refractivity contribution is 5.05. The summed E-state index contributed by atoms with van der Waals surface area (Å²) in [6.45, 7) is 1.83. The Labute approximate surface area is 83.9 Å². The molecule has 1 fully saturated rings. The first-order valence-corrected chi connectivity index (χ1v) is 4.99. The van der Waals surface area contributed by atoms with Gasteiger partial charge in [-0.3, -0.25) is 4.90 Å². The molecule has 2 atom stereocenters. The second-order valence-electron chi connectivity index (χ2n) is 3.97. The Morgan fingerprint density at radius 1 is 1.57 bits per heavy atom. The number of nitrogens with two attached hydrogens (primary N) is 1. The summed E-state index contributed by atoms with van der Waals surface area (Å²) in [4.78, 5) is 3.91. The maximum absolute atomic E-state index is 5.75. The van der Waals surface area contributed by atoms with Crippen molar-refractivity contribution >= 4 is 0 Å². The molecule has 5 heteroatoms. The third kappa shape index (κ3) is 1.53. The van der Waals surface area contributed by atoms with Gasteiger partial charge in [0.25, 0.3) is 0 Å². The van der Waals surface area contributed by atoms with E-state index in [1.807, 2.05) is 13.2 Å². The van der Waals surface area contributed by atoms with Crippen LogP contribution in [0.4, 0.5) is 0 Å². The van der Waals surface area contributed by atoms with Gasteiger partial charge in [0.1, 0.15) is 5.69 Å². The number of hydrogen-bond donors (Lipinski definition) is 1. The topological polar surface area (TPSA) is 60.0 Å². The Morgan fingerprint density at radius 3 is 2.93 bits per heavy atom. The molecule has 14 heavy (non-hydrogen) atoms. The maximum Gasteiger partial charge on any atom is 0.100 e. The van der Waals surface area contributed by atoms with Gasteiger partial charge < -0.3 is 5.73 Å². The van der Waals surface area contributed by atoms with Gasteiger partial charge in [0, 0.05) is 7.05 Å². The zero-order valence-corrected chi connectivity index (χ0v) is 8.72. The fourth-order valence-corrected chi connectivity index (χ4v) is 2.24. The molecular formula is C9H17N5. The van der Waals surface area contributed by atoms with Gasteiger partial charge in [0.15, 0.2) is 0 Å². The van der Waals surface area contributed by atoms with Crippen LogP contribution in [0, 0.1) is 5.92 Å². The molecule has 2 unspecified atom stereocenters. The quantitative estimate of drug-likeness (QED) is 0.708. The molecule has 2 N–H and O–H groups in total. The molecule has 1 aromatic rings. The normalized spacial score (nSPS) is 28.5. The van der Waals surface area contributed by atoms with Gasteiger partial charge in [-0.05, 0) is 32.5 Å². The summed E-state index contributed by atoms with van der Waals surface area (Å²) < 4.78 is 0. The van der Waals surface area contributed by atoms with Crippen molar-refractivity contribution in [3.8, 4) is 0 Å². The standard InChI is InChI=1S/C9H17N5/c1-13-4-3-7(5-10)9(13)8-6-11-14(2)12-8/h6-7,9H,3-5,10H2,1-2H3. The summed E-state index contributed by atoms with van der Waals surface area (Å²) in [6, 6.07) is 0.355. The van der Waals surface area contributed by atoms with Crippen LogP contribution in [0.15, 0.2) is 6.20 Å². The van der Waals surface area contributed by atoms with Crippen molar-refractivity contribution in [3.05, 3.63) is 11.9 Å². The Balaban J connectivity index is 2.22. The molecule has 0 bridgehead atoms. The molecule has 0 spiro atoms. The van der Waals surface area contributed by atoms with Crippen LogP contribution in [-0.4, -0.2) is 40.0 Å². The molecule has 1 aliphatic rings. The molecule has 0 amide bonds. The van der Waals surface area contributed by atoms with Crippen LogP contribution in [0.3, 0.4) is 0 Å². The van der Waals surface area contributed by atoms with E-state index in [0.29, 0.717) is 12.0 Å². The van der Waals surface area contributed by atoms with E-state index in [0.717, 1.165) is 25.2 Å². The van der Waals surface area contributed by atoms with E-state index in [1.165, 1.54) is 0 Å². The van der Waals surface area contributed by atoms with Crippen molar-refractivity contribution in [3.63, 3.8) is 0 Å². The van der Waals surface area contributed by atoms with E-state index in [2.05, 4.69) is 22.1 Å². The molecule has 2 heterocycles. The van der Waals surface area contributed by atoms with Gasteiger partial charge >= 0.3 is 0 Å². The monoisotopic (exact) mass is 195 g/mol. The lowest BCUT2D eigenvalue weighted by Gasteiger charge is -2.21. The Bertz CT molecular complexity index is 308. The zero-order valence-electron chi connectivity index (χ0n) is 8.72. The summed E-state index contributed by atoms with van der Waals surface area (Å²) in [5, 5.41) is 8.45. The van der Waals surface area contributed by atoms with Crippen molar-refractivity contribution in [1.82, 2.24) is 19.9 Å². The molecule has 0 saturated carbocycles. The van der Waals surface area contributed by atoms with E-state index in [1.54, 1.807) is 4.80 Å². The number of hydrogen-bond acceptors (Lipinski definition) is 4. The van der Waals surface area contributed by atoms with Gasteiger partial charge in [-0.15, -0.1) is 0 Å². The van der Waals surface area contributed by atoms with Crippen LogP contribution >= 0.6 is 0 Å². The third-order valence-corrected chi connectivity index (χ3v) is 3.00. The molecule has 0 aromatic carbocycles. The second-order valence-corrected chi connectivity index (χ2v) is 3.97. The highest BCUT2D eigenvalue weighted by Crippen LogP contribution is 2.33. The fourth-order valence-electron chi connectivity index (χ4n) is 2.24. The fraction of sp³-hybridized carbons (Fsp3) is 0.778. The first-order valence-electron chi connectivity index (χ1n) is 4.99. The minimum Gasteiger partial charge on any atom is -0.330 e. The van der Waals surface area contributed by atoms with Crippen LogP contribution < -0.4 is 5.73 Å². The Hall–Kier alpha value is -0.940. The van der Waals surface area contributed by atoms with Gasteiger partial charge in [0.05, 0.1) is 12.2 Å². The minimum atomic E-state index is 0.355. The molecule has 1 saturated heterocycles. The summed E-state index contributed by atoms with van der Waals surface area (Å²) in [6.07, 6.45) is 3.00. The molecule has 5 nitrogen and oxygen atoms in total. The van der Waals surface area contributed by atoms with Crippen molar-refractivity contribution < 1.29 is 0 Å². The first kappa shape index (κ1) is 9.61. The lowest BCUT2D eigenvalue weighted by molar-refractivity contribution is 0.272. The molecule has 0 radical (unpaired) electrons. The molecule has 78 valence electrons. The Morgan fingerprint density at radius 2 is 2.36 bits per heavy atom. The summed E-state index contributed by atoms with van der Waals surface area (Å²) in [5.74, 6) is 0.525. The number of aryl methyl sites for hydroxylation is 1. The van der Waals surface area contributed by atoms with Gasteiger partial charge in [0.2, 0.25) is 0 Å². The highest BCUT2D eigenvalue weighted by Gasteiger charge is 2.33. The van der Waals surface area contributed by atoms with E-state index >= 15 is 0 Å². The largest absolute Gasteiger partial charge is 0.330 e. The molecule has 2 rings (SSSR count). The maximum atomic E-state index is 5.75. The highest BCUT2D eigenvalue weighted by atomic mass is 15.5. The predicted octanol–water partition coefficient (Wildman–Crippen LogP) is -0.233. The number of nitrogens with zero attached hydrogens (tertiary/aromatic N) is 4. The van der Waals surface area contributed by atoms with Crippen LogP contribution in [0.25, 0.3) is 0 Å². The zero-order chi connectivity index (χ0) is 10.1. The van der Waals surface area contributed by atoms with Crippen LogP contribution in [0.2, 0.25) is 0 Å². The van der Waals surface area contributed by atoms with Gasteiger partial charge in [-0.25, -0.2) is 0 Å². The summed E-state index contributed by atoms with van der Waals surface area (Å²) >= 11 is 0. The number of likely N-dealkylation sites (tertiary alicyclic amines) is 1. The smallest absolute Gasteiger partial charge is 0.100 e. The summed E-state index contributed by atoms with van der Waals surface area (Å²) in [7, 11) is 3.96. The van der Waals surface area contributed by atoms with E-state index in [-0.39, 0.29) is 0 Å². The van der Waals surface area contributed by atoms with Crippen molar-refractivity contribution in [2.24, 2.45) is 18.7 Å². The molecule has 1 aromatic heterocycles. The van der Waals surface area contributed by atoms with Crippen molar-refractivity contribution in [2.45, 2.75) is 12.5 Å². The van der Waals surface area contributed by atoms with E-state index in [9.17, 15) is 0 Å².